The largest absolute Gasteiger partial charge is 0.493 e. The molecule has 3 fully saturated rings. The van der Waals surface area contributed by atoms with E-state index >= 15 is 0 Å². The molecule has 5 aliphatic rings. The van der Waals surface area contributed by atoms with E-state index in [4.69, 9.17) is 29.4 Å². The number of amides is 2. The van der Waals surface area contributed by atoms with E-state index in [1.807, 2.05) is 56.7 Å². The van der Waals surface area contributed by atoms with E-state index in [9.17, 15) is 19.6 Å². The minimum Gasteiger partial charge on any atom is -0.493 e. The summed E-state index contributed by atoms with van der Waals surface area (Å²) >= 11 is 0. The molecule has 3 aromatic carbocycles. The van der Waals surface area contributed by atoms with Gasteiger partial charge in [0.1, 0.15) is 25.2 Å². The number of nitrogens with zero attached hydrogens (tertiary/aromatic N) is 4. The Hall–Kier alpha value is -4.91. The number of carbonyl (C=O) groups excluding carboxylic acids is 2. The summed E-state index contributed by atoms with van der Waals surface area (Å²) in [5, 5.41) is 22.4. The van der Waals surface area contributed by atoms with Crippen LogP contribution in [-0.2, 0) is 22.7 Å². The molecule has 5 atom stereocenters. The summed E-state index contributed by atoms with van der Waals surface area (Å²) in [6, 6.07) is 12.7. The molecule has 0 spiro atoms. The fraction of sp³-hybridized carbons (Fsp3) is 0.511. The molecule has 8 rings (SSSR count). The minimum atomic E-state index is -0.966. The number of rotatable bonds is 11. The van der Waals surface area contributed by atoms with Crippen molar-refractivity contribution < 1.29 is 43.3 Å². The molecule has 0 aromatic heterocycles. The maximum Gasteiger partial charge on any atom is 0.411 e. The monoisotopic (exact) mass is 833 g/mol. The lowest BCUT2D eigenvalue weighted by Crippen LogP contribution is -2.56. The summed E-state index contributed by atoms with van der Waals surface area (Å²) < 4.78 is 31.4. The van der Waals surface area contributed by atoms with Crippen molar-refractivity contribution in [1.82, 2.24) is 9.80 Å². The molecule has 3 saturated heterocycles. The van der Waals surface area contributed by atoms with E-state index in [1.165, 1.54) is 0 Å². The Bertz CT molecular complexity index is 2190. The van der Waals surface area contributed by atoms with Gasteiger partial charge in [0, 0.05) is 54.8 Å². The Morgan fingerprint density at radius 2 is 1.41 bits per heavy atom. The third-order valence-corrected chi connectivity index (χ3v) is 12.7. The molecule has 0 radical (unpaired) electrons. The quantitative estimate of drug-likeness (QED) is 0.179. The highest BCUT2D eigenvalue weighted by Gasteiger charge is 2.47. The molecule has 0 saturated carbocycles. The summed E-state index contributed by atoms with van der Waals surface area (Å²) in [6.45, 7) is 9.79. The van der Waals surface area contributed by atoms with Crippen LogP contribution in [0.3, 0.4) is 0 Å². The van der Waals surface area contributed by atoms with Gasteiger partial charge in [-0.1, -0.05) is 11.8 Å². The van der Waals surface area contributed by atoms with Crippen LogP contribution in [0.5, 0.6) is 17.2 Å². The molecule has 5 aliphatic heterocycles. The SMILES string of the molecule is COc1cc2c(cc1OCc1cc(C#CCN)cc(COc3cc4c(cc3C)C(=O)N3CCC[C@H]3[C@H](OC3CCCCO3)N4B(C)O)c1)N(B(C)O)[C@@H](C)[C@@H]1CCCN1C2=O. The Kier molecular flexibility index (Phi) is 12.8. The highest BCUT2D eigenvalue weighted by atomic mass is 16.7. The first-order chi connectivity index (χ1) is 29.5. The first kappa shape index (κ1) is 42.8. The van der Waals surface area contributed by atoms with Crippen LogP contribution in [0.25, 0.3) is 0 Å². The van der Waals surface area contributed by atoms with Gasteiger partial charge >= 0.3 is 14.1 Å². The Labute approximate surface area is 359 Å². The van der Waals surface area contributed by atoms with Gasteiger partial charge in [-0.3, -0.25) is 9.59 Å². The van der Waals surface area contributed by atoms with Gasteiger partial charge in [0.05, 0.1) is 36.9 Å². The second-order valence-corrected chi connectivity index (χ2v) is 16.8. The molecular formula is C45H57B2N5O9. The topological polar surface area (TPSA) is 160 Å². The van der Waals surface area contributed by atoms with Gasteiger partial charge in [0.25, 0.3) is 11.8 Å². The van der Waals surface area contributed by atoms with Gasteiger partial charge in [-0.2, -0.15) is 0 Å². The number of anilines is 2. The van der Waals surface area contributed by atoms with Gasteiger partial charge in [-0.05, 0) is 119 Å². The van der Waals surface area contributed by atoms with E-state index in [2.05, 4.69) is 18.8 Å². The second kappa shape index (κ2) is 18.2. The van der Waals surface area contributed by atoms with Crippen LogP contribution < -0.4 is 29.6 Å². The van der Waals surface area contributed by atoms with E-state index in [0.717, 1.165) is 67.2 Å². The lowest BCUT2D eigenvalue weighted by atomic mass is 9.80. The smallest absolute Gasteiger partial charge is 0.411 e. The number of hydrogen-bond donors (Lipinski definition) is 3. The predicted octanol–water partition coefficient (Wildman–Crippen LogP) is 4.80. The highest BCUT2D eigenvalue weighted by Crippen LogP contribution is 2.43. The summed E-state index contributed by atoms with van der Waals surface area (Å²) in [6.07, 6.45) is 5.10. The van der Waals surface area contributed by atoms with Crippen LogP contribution in [0.4, 0.5) is 11.4 Å². The molecule has 0 bridgehead atoms. The maximum absolute atomic E-state index is 14.2. The van der Waals surface area contributed by atoms with Crippen molar-refractivity contribution in [3.63, 3.8) is 0 Å². The van der Waals surface area contributed by atoms with Crippen molar-refractivity contribution in [3.8, 4) is 29.1 Å². The number of fused-ring (bicyclic) bond motifs is 4. The third-order valence-electron chi connectivity index (χ3n) is 12.7. The number of methoxy groups -OCH3 is 1. The molecule has 61 heavy (non-hydrogen) atoms. The number of carbonyl (C=O) groups is 2. The summed E-state index contributed by atoms with van der Waals surface area (Å²) in [5.41, 5.74) is 11.0. The maximum atomic E-state index is 14.2. The zero-order valence-electron chi connectivity index (χ0n) is 35.9. The molecular weight excluding hydrogens is 776 g/mol. The normalized spacial score (nSPS) is 23.2. The molecule has 14 nitrogen and oxygen atoms in total. The predicted molar refractivity (Wildman–Crippen MR) is 234 cm³/mol. The van der Waals surface area contributed by atoms with Gasteiger partial charge in [-0.25, -0.2) is 0 Å². The fourth-order valence-corrected chi connectivity index (χ4v) is 9.91. The second-order valence-electron chi connectivity index (χ2n) is 16.8. The number of nitrogens with two attached hydrogens (primary N) is 1. The first-order valence-corrected chi connectivity index (χ1v) is 21.7. The van der Waals surface area contributed by atoms with E-state index in [0.29, 0.717) is 59.4 Å². The minimum absolute atomic E-state index is 0.0119. The third kappa shape index (κ3) is 8.51. The molecule has 322 valence electrons. The molecule has 0 aliphatic carbocycles. The van der Waals surface area contributed by atoms with Gasteiger partial charge in [0.2, 0.25) is 0 Å². The van der Waals surface area contributed by atoms with Crippen LogP contribution in [-0.4, -0.2) is 110 Å². The molecule has 1 unspecified atom stereocenters. The Morgan fingerprint density at radius 3 is 2.05 bits per heavy atom. The van der Waals surface area contributed by atoms with Crippen LogP contribution in [0.15, 0.2) is 42.5 Å². The van der Waals surface area contributed by atoms with Crippen LogP contribution in [0.1, 0.15) is 94.8 Å². The highest BCUT2D eigenvalue weighted by molar-refractivity contribution is 6.54. The van der Waals surface area contributed by atoms with Crippen LogP contribution >= 0.6 is 0 Å². The molecule has 16 heteroatoms. The van der Waals surface area contributed by atoms with Crippen molar-refractivity contribution in [1.29, 1.82) is 0 Å². The Morgan fingerprint density at radius 1 is 0.787 bits per heavy atom. The van der Waals surface area contributed by atoms with Crippen molar-refractivity contribution in [3.05, 3.63) is 75.8 Å². The fourth-order valence-electron chi connectivity index (χ4n) is 9.91. The summed E-state index contributed by atoms with van der Waals surface area (Å²) in [4.78, 5) is 35.5. The van der Waals surface area contributed by atoms with Crippen molar-refractivity contribution in [2.24, 2.45) is 5.73 Å². The summed E-state index contributed by atoms with van der Waals surface area (Å²) in [7, 11) is -0.262. The lowest BCUT2D eigenvalue weighted by Gasteiger charge is -2.40. The average molecular weight is 834 g/mol. The molecule has 4 N–H and O–H groups in total. The molecule has 2 amide bonds. The number of aryl methyl sites for hydroxylation is 1. The van der Waals surface area contributed by atoms with Crippen molar-refractivity contribution in [2.75, 3.05) is 43.0 Å². The number of benzene rings is 3. The van der Waals surface area contributed by atoms with Gasteiger partial charge < -0.3 is 58.9 Å². The molecule has 5 heterocycles. The zero-order chi connectivity index (χ0) is 42.9. The van der Waals surface area contributed by atoms with Gasteiger partial charge in [-0.15, -0.1) is 0 Å². The molecule has 3 aromatic rings. The number of ether oxygens (including phenoxy) is 5. The van der Waals surface area contributed by atoms with Crippen molar-refractivity contribution >= 4 is 37.3 Å². The Balaban J connectivity index is 1.07. The van der Waals surface area contributed by atoms with Crippen LogP contribution in [0, 0.1) is 18.8 Å². The first-order valence-electron chi connectivity index (χ1n) is 21.7. The average Bonchev–Trinajstić information content (AvgIpc) is 3.92. The van der Waals surface area contributed by atoms with Gasteiger partial charge in [0.15, 0.2) is 17.8 Å². The van der Waals surface area contributed by atoms with E-state index in [1.54, 1.807) is 32.9 Å². The lowest BCUT2D eigenvalue weighted by molar-refractivity contribution is -0.194. The van der Waals surface area contributed by atoms with E-state index in [-0.39, 0.29) is 49.7 Å². The van der Waals surface area contributed by atoms with Crippen molar-refractivity contribution in [2.45, 2.75) is 116 Å². The number of hydrogen-bond acceptors (Lipinski definition) is 12. The van der Waals surface area contributed by atoms with Crippen LogP contribution in [0.2, 0.25) is 13.6 Å². The van der Waals surface area contributed by atoms with E-state index < -0.39 is 26.6 Å². The summed E-state index contributed by atoms with van der Waals surface area (Å²) in [5.74, 6) is 7.34. The standard InChI is InChI=1S/C45H57B2N5O9/c1-28-19-33-38(52(47(4)56)45(61-42-14-6-7-18-58-42)36-13-10-17-50(36)43(33)53)24-39(28)59-26-31-20-30(11-8-15-48)21-32(22-31)27-60-41-25-37-34(23-40(41)57-5)44(54)49-16-9-12-35(49)29(2)51(37)46(3)55/h19-25,29,35-36,42,45,55-56H,6-7,9-10,12-18,26-27,48H2,1-5H3/t29-,35-,36-,42?,45-/m0/s1. The zero-order valence-corrected chi connectivity index (χ0v) is 35.9.